The summed E-state index contributed by atoms with van der Waals surface area (Å²) < 4.78 is 8.49. The van der Waals surface area contributed by atoms with Crippen LogP contribution in [0.4, 0.5) is 0 Å². The van der Waals surface area contributed by atoms with Crippen molar-refractivity contribution in [2.24, 2.45) is 0 Å². The van der Waals surface area contributed by atoms with Crippen molar-refractivity contribution < 1.29 is 4.42 Å². The lowest BCUT2D eigenvalue weighted by molar-refractivity contribution is 0.669. The van der Waals surface area contributed by atoms with Gasteiger partial charge in [-0.15, -0.1) is 0 Å². The van der Waals surface area contributed by atoms with Crippen molar-refractivity contribution in [1.82, 2.24) is 4.57 Å². The van der Waals surface area contributed by atoms with Crippen LogP contribution in [0.25, 0.3) is 71.7 Å². The molecule has 0 N–H and O–H groups in total. The summed E-state index contributed by atoms with van der Waals surface area (Å²) in [5, 5.41) is 4.87. The number of nitrogens with zero attached hydrogens (tertiary/aromatic N) is 1. The lowest BCUT2D eigenvalue weighted by atomic mass is 9.98. The van der Waals surface area contributed by atoms with Crippen LogP contribution in [-0.2, 0) is 0 Å². The highest BCUT2D eigenvalue weighted by Crippen LogP contribution is 2.35. The third-order valence-electron chi connectivity index (χ3n) is 7.61. The Bertz CT molecular complexity index is 2070. The van der Waals surface area contributed by atoms with Gasteiger partial charge in [0, 0.05) is 27.2 Å². The minimum Gasteiger partial charge on any atom is -0.456 e. The average molecular weight is 486 g/mol. The minimum atomic E-state index is 0.921. The topological polar surface area (TPSA) is 18.1 Å². The third-order valence-corrected chi connectivity index (χ3v) is 7.61. The number of fused-ring (bicyclic) bond motifs is 6. The highest BCUT2D eigenvalue weighted by atomic mass is 16.3. The Kier molecular flexibility index (Phi) is 4.55. The summed E-state index contributed by atoms with van der Waals surface area (Å²) in [5.74, 6) is 0. The average Bonchev–Trinajstić information content (AvgIpc) is 3.53. The predicted octanol–water partition coefficient (Wildman–Crippen LogP) is 10.0. The van der Waals surface area contributed by atoms with E-state index in [2.05, 4.69) is 132 Å². The van der Waals surface area contributed by atoms with Gasteiger partial charge < -0.3 is 8.98 Å². The van der Waals surface area contributed by atoms with Gasteiger partial charge >= 0.3 is 0 Å². The van der Waals surface area contributed by atoms with Crippen LogP contribution >= 0.6 is 0 Å². The normalized spacial score (nSPS) is 11.7. The molecule has 6 aromatic carbocycles. The number of furan rings is 1. The van der Waals surface area contributed by atoms with Gasteiger partial charge in [-0.05, 0) is 70.8 Å². The van der Waals surface area contributed by atoms with Crippen molar-refractivity contribution in [2.45, 2.75) is 0 Å². The zero-order valence-corrected chi connectivity index (χ0v) is 20.6. The fraction of sp³-hybridized carbons (Fsp3) is 0. The predicted molar refractivity (Wildman–Crippen MR) is 159 cm³/mol. The highest BCUT2D eigenvalue weighted by Gasteiger charge is 2.12. The van der Waals surface area contributed by atoms with Crippen molar-refractivity contribution in [3.63, 3.8) is 0 Å². The van der Waals surface area contributed by atoms with Crippen LogP contribution in [0.1, 0.15) is 0 Å². The summed E-state index contributed by atoms with van der Waals surface area (Å²) in [5.41, 5.74) is 10.2. The summed E-state index contributed by atoms with van der Waals surface area (Å²) in [4.78, 5) is 0. The zero-order chi connectivity index (χ0) is 25.1. The molecule has 0 unspecified atom stereocenters. The number of aromatic nitrogens is 1. The molecule has 0 aliphatic rings. The van der Waals surface area contributed by atoms with Crippen LogP contribution in [0.5, 0.6) is 0 Å². The van der Waals surface area contributed by atoms with Gasteiger partial charge in [0.25, 0.3) is 0 Å². The number of hydrogen-bond acceptors (Lipinski definition) is 1. The summed E-state index contributed by atoms with van der Waals surface area (Å²) in [6.45, 7) is 0. The molecule has 178 valence electrons. The van der Waals surface area contributed by atoms with Gasteiger partial charge in [0.05, 0.1) is 11.0 Å². The fourth-order valence-corrected chi connectivity index (χ4v) is 5.79. The quantitative estimate of drug-likeness (QED) is 0.243. The van der Waals surface area contributed by atoms with Gasteiger partial charge in [0.2, 0.25) is 0 Å². The molecule has 2 heterocycles. The molecule has 0 saturated heterocycles. The van der Waals surface area contributed by atoms with Crippen LogP contribution in [0.3, 0.4) is 0 Å². The lowest BCUT2D eigenvalue weighted by Gasteiger charge is -2.10. The van der Waals surface area contributed by atoms with E-state index in [-0.39, 0.29) is 0 Å². The van der Waals surface area contributed by atoms with E-state index < -0.39 is 0 Å². The van der Waals surface area contributed by atoms with Crippen molar-refractivity contribution in [3.05, 3.63) is 140 Å². The number of hydrogen-bond donors (Lipinski definition) is 0. The first kappa shape index (κ1) is 21.0. The van der Waals surface area contributed by atoms with Gasteiger partial charge in [-0.1, -0.05) is 91.0 Å². The molecule has 38 heavy (non-hydrogen) atoms. The summed E-state index contributed by atoms with van der Waals surface area (Å²) in [6.07, 6.45) is 0. The standard InChI is InChI=1S/C36H23NO/c1-4-13-33-29(10-1)30-11-2-5-14-34(30)37(33)28-19-16-24(17-20-28)25-8-7-9-26(22-25)27-18-21-32-31-12-3-6-15-35(31)38-36(32)23-27/h1-23H. The molecule has 0 fully saturated rings. The Morgan fingerprint density at radius 1 is 0.368 bits per heavy atom. The second kappa shape index (κ2) is 8.22. The van der Waals surface area contributed by atoms with E-state index in [1.54, 1.807) is 0 Å². The SMILES string of the molecule is c1cc(-c2ccc(-n3c4ccccc4c4ccccc43)cc2)cc(-c2ccc3c(c2)oc2ccccc23)c1. The maximum atomic E-state index is 6.14. The molecule has 0 atom stereocenters. The second-order valence-electron chi connectivity index (χ2n) is 9.81. The molecule has 0 saturated carbocycles. The fourth-order valence-electron chi connectivity index (χ4n) is 5.79. The van der Waals surface area contributed by atoms with E-state index >= 15 is 0 Å². The molecule has 0 amide bonds. The number of rotatable bonds is 3. The largest absolute Gasteiger partial charge is 0.456 e. The van der Waals surface area contributed by atoms with E-state index in [9.17, 15) is 0 Å². The number of para-hydroxylation sites is 3. The Hall–Kier alpha value is -5.08. The summed E-state index contributed by atoms with van der Waals surface area (Å²) in [6, 6.07) is 49.6. The van der Waals surface area contributed by atoms with Crippen molar-refractivity contribution in [2.75, 3.05) is 0 Å². The van der Waals surface area contributed by atoms with Gasteiger partial charge in [0.1, 0.15) is 11.2 Å². The Balaban J connectivity index is 1.19. The first-order valence-electron chi connectivity index (χ1n) is 12.9. The van der Waals surface area contributed by atoms with Crippen molar-refractivity contribution in [1.29, 1.82) is 0 Å². The highest BCUT2D eigenvalue weighted by molar-refractivity contribution is 6.09. The Labute approximate surface area is 220 Å². The zero-order valence-electron chi connectivity index (χ0n) is 20.6. The first-order chi connectivity index (χ1) is 18.8. The van der Waals surface area contributed by atoms with E-state index in [0.29, 0.717) is 0 Å². The maximum absolute atomic E-state index is 6.14. The van der Waals surface area contributed by atoms with E-state index in [1.807, 2.05) is 12.1 Å². The van der Waals surface area contributed by atoms with Gasteiger partial charge in [0.15, 0.2) is 0 Å². The van der Waals surface area contributed by atoms with Crippen LogP contribution in [0, 0.1) is 0 Å². The van der Waals surface area contributed by atoms with Crippen LogP contribution in [0.15, 0.2) is 144 Å². The smallest absolute Gasteiger partial charge is 0.136 e. The molecule has 2 aromatic heterocycles. The first-order valence-corrected chi connectivity index (χ1v) is 12.9. The molecule has 0 aliphatic heterocycles. The molecule has 2 heteroatoms. The molecule has 0 spiro atoms. The molecular formula is C36H23NO. The van der Waals surface area contributed by atoms with Crippen LogP contribution in [0.2, 0.25) is 0 Å². The lowest BCUT2D eigenvalue weighted by Crippen LogP contribution is -1.93. The van der Waals surface area contributed by atoms with Gasteiger partial charge in [-0.3, -0.25) is 0 Å². The Morgan fingerprint density at radius 3 is 1.66 bits per heavy atom. The van der Waals surface area contributed by atoms with Crippen LogP contribution < -0.4 is 0 Å². The Morgan fingerprint density at radius 2 is 0.921 bits per heavy atom. The van der Waals surface area contributed by atoms with E-state index in [1.165, 1.54) is 38.5 Å². The van der Waals surface area contributed by atoms with E-state index in [4.69, 9.17) is 4.42 Å². The molecule has 0 bridgehead atoms. The monoisotopic (exact) mass is 485 g/mol. The number of benzene rings is 6. The maximum Gasteiger partial charge on any atom is 0.136 e. The summed E-state index contributed by atoms with van der Waals surface area (Å²) >= 11 is 0. The van der Waals surface area contributed by atoms with Crippen molar-refractivity contribution in [3.8, 4) is 27.9 Å². The molecule has 0 radical (unpaired) electrons. The van der Waals surface area contributed by atoms with Gasteiger partial charge in [-0.2, -0.15) is 0 Å². The third kappa shape index (κ3) is 3.21. The molecule has 8 aromatic rings. The molecule has 0 aliphatic carbocycles. The molecule has 8 rings (SSSR count). The van der Waals surface area contributed by atoms with Crippen LogP contribution in [-0.4, -0.2) is 4.57 Å². The minimum absolute atomic E-state index is 0.921. The van der Waals surface area contributed by atoms with Gasteiger partial charge in [-0.25, -0.2) is 0 Å². The summed E-state index contributed by atoms with van der Waals surface area (Å²) in [7, 11) is 0. The molecular weight excluding hydrogens is 462 g/mol. The molecule has 2 nitrogen and oxygen atoms in total. The second-order valence-corrected chi connectivity index (χ2v) is 9.81. The van der Waals surface area contributed by atoms with E-state index in [0.717, 1.165) is 33.2 Å². The van der Waals surface area contributed by atoms with Crippen molar-refractivity contribution >= 4 is 43.7 Å².